The molecule has 1 aromatic carbocycles. The number of hydrogen-bond acceptors (Lipinski definition) is 6. The minimum Gasteiger partial charge on any atom is -0.354 e. The van der Waals surface area contributed by atoms with Crippen LogP contribution in [0.1, 0.15) is 12.0 Å². The predicted octanol–water partition coefficient (Wildman–Crippen LogP) is 1.58. The molecule has 162 valence electrons. The summed E-state index contributed by atoms with van der Waals surface area (Å²) >= 11 is 3.27. The third-order valence-electron chi connectivity index (χ3n) is 4.89. The van der Waals surface area contributed by atoms with E-state index < -0.39 is 10.0 Å². The quantitative estimate of drug-likeness (QED) is 0.577. The van der Waals surface area contributed by atoms with Gasteiger partial charge >= 0.3 is 0 Å². The summed E-state index contributed by atoms with van der Waals surface area (Å²) in [5.74, 6) is 0.698. The molecule has 8 nitrogen and oxygen atoms in total. The van der Waals surface area contributed by atoms with Gasteiger partial charge in [-0.2, -0.15) is 0 Å². The number of carbonyl (C=O) groups excluding carboxylic acids is 1. The second-order valence-electron chi connectivity index (χ2n) is 7.19. The van der Waals surface area contributed by atoms with E-state index in [2.05, 4.69) is 47.8 Å². The van der Waals surface area contributed by atoms with Crippen LogP contribution in [0.2, 0.25) is 0 Å². The van der Waals surface area contributed by atoms with E-state index in [-0.39, 0.29) is 23.8 Å². The first-order valence-corrected chi connectivity index (χ1v) is 12.0. The Morgan fingerprint density at radius 1 is 1.13 bits per heavy atom. The zero-order valence-corrected chi connectivity index (χ0v) is 19.2. The number of rotatable bonds is 8. The first-order chi connectivity index (χ1) is 14.3. The average Bonchev–Trinajstić information content (AvgIpc) is 2.73. The second-order valence-corrected chi connectivity index (χ2v) is 9.87. The Morgan fingerprint density at radius 3 is 2.53 bits per heavy atom. The number of hydrogen-bond donors (Lipinski definition) is 2. The molecular weight excluding hydrogens is 470 g/mol. The van der Waals surface area contributed by atoms with Crippen LogP contribution in [0, 0.1) is 0 Å². The topological polar surface area (TPSA) is 94.6 Å². The number of piperazine rings is 1. The molecule has 0 unspecified atom stereocenters. The smallest absolute Gasteiger partial charge is 0.240 e. The summed E-state index contributed by atoms with van der Waals surface area (Å²) in [5, 5.41) is 2.84. The molecule has 2 N–H and O–H groups in total. The van der Waals surface area contributed by atoms with Crippen LogP contribution in [0.25, 0.3) is 0 Å². The summed E-state index contributed by atoms with van der Waals surface area (Å²) in [4.78, 5) is 21.3. The minimum absolute atomic E-state index is 0.0348. The molecule has 1 amide bonds. The van der Waals surface area contributed by atoms with Crippen LogP contribution >= 0.6 is 15.9 Å². The highest BCUT2D eigenvalue weighted by atomic mass is 79.9. The Morgan fingerprint density at radius 2 is 1.83 bits per heavy atom. The van der Waals surface area contributed by atoms with E-state index in [9.17, 15) is 13.2 Å². The van der Waals surface area contributed by atoms with Gasteiger partial charge in [0.1, 0.15) is 5.82 Å². The highest BCUT2D eigenvalue weighted by Gasteiger charge is 2.16. The molecule has 0 saturated carbocycles. The lowest BCUT2D eigenvalue weighted by molar-refractivity contribution is -0.121. The molecule has 0 atom stereocenters. The number of benzene rings is 1. The highest BCUT2D eigenvalue weighted by Crippen LogP contribution is 2.15. The van der Waals surface area contributed by atoms with Crippen molar-refractivity contribution in [2.24, 2.45) is 0 Å². The van der Waals surface area contributed by atoms with E-state index in [0.717, 1.165) is 42.0 Å². The van der Waals surface area contributed by atoms with Gasteiger partial charge in [0.25, 0.3) is 0 Å². The van der Waals surface area contributed by atoms with Crippen molar-refractivity contribution < 1.29 is 13.2 Å². The fraction of sp³-hybridized carbons (Fsp3) is 0.400. The van der Waals surface area contributed by atoms with Gasteiger partial charge in [0.2, 0.25) is 15.9 Å². The number of sulfonamides is 1. The number of pyridine rings is 1. The van der Waals surface area contributed by atoms with Crippen molar-refractivity contribution in [2.75, 3.05) is 44.7 Å². The standard InChI is InChI=1S/C20H26BrN5O3S/c1-25-10-12-26(13-11-25)19-14-16(6-8-22-19)15-23-20(27)7-9-24-30(28,29)18-4-2-17(21)3-5-18/h2-6,8,14,24H,7,9-13,15H2,1H3,(H,23,27). The Kier molecular flexibility index (Phi) is 7.81. The van der Waals surface area contributed by atoms with Gasteiger partial charge < -0.3 is 15.1 Å². The van der Waals surface area contributed by atoms with E-state index in [1.54, 1.807) is 18.3 Å². The number of anilines is 1. The minimum atomic E-state index is -3.63. The highest BCUT2D eigenvalue weighted by molar-refractivity contribution is 9.10. The van der Waals surface area contributed by atoms with Crippen molar-refractivity contribution in [3.05, 3.63) is 52.6 Å². The van der Waals surface area contributed by atoms with Crippen molar-refractivity contribution in [3.8, 4) is 0 Å². The molecule has 0 bridgehead atoms. The van der Waals surface area contributed by atoms with Crippen molar-refractivity contribution in [2.45, 2.75) is 17.9 Å². The van der Waals surface area contributed by atoms with Gasteiger partial charge in [-0.25, -0.2) is 18.1 Å². The van der Waals surface area contributed by atoms with Crippen molar-refractivity contribution in [1.82, 2.24) is 19.9 Å². The van der Waals surface area contributed by atoms with Gasteiger partial charge in [-0.3, -0.25) is 4.79 Å². The van der Waals surface area contributed by atoms with Gasteiger partial charge in [-0.05, 0) is 49.0 Å². The summed E-state index contributed by atoms with van der Waals surface area (Å²) in [6, 6.07) is 10.2. The second kappa shape index (κ2) is 10.3. The third-order valence-corrected chi connectivity index (χ3v) is 6.90. The number of aromatic nitrogens is 1. The molecule has 2 heterocycles. The molecule has 0 aliphatic carbocycles. The number of halogens is 1. The SMILES string of the molecule is CN1CCN(c2cc(CNC(=O)CCNS(=O)(=O)c3ccc(Br)cc3)ccn2)CC1. The van der Waals surface area contributed by atoms with Crippen LogP contribution < -0.4 is 14.9 Å². The summed E-state index contributed by atoms with van der Waals surface area (Å²) in [7, 11) is -1.52. The summed E-state index contributed by atoms with van der Waals surface area (Å²) in [6.07, 6.45) is 1.81. The summed E-state index contributed by atoms with van der Waals surface area (Å²) in [6.45, 7) is 4.27. The first kappa shape index (κ1) is 22.7. The zero-order chi connectivity index (χ0) is 21.6. The van der Waals surface area contributed by atoms with Crippen molar-refractivity contribution in [1.29, 1.82) is 0 Å². The molecule has 1 saturated heterocycles. The zero-order valence-electron chi connectivity index (χ0n) is 16.8. The molecule has 10 heteroatoms. The Bertz CT molecular complexity index is 961. The largest absolute Gasteiger partial charge is 0.354 e. The number of carbonyl (C=O) groups is 1. The maximum absolute atomic E-state index is 12.2. The Hall–Kier alpha value is -2.01. The van der Waals surface area contributed by atoms with Crippen molar-refractivity contribution in [3.63, 3.8) is 0 Å². The van der Waals surface area contributed by atoms with Gasteiger partial charge in [0.05, 0.1) is 4.90 Å². The molecule has 1 aliphatic heterocycles. The molecule has 0 spiro atoms. The fourth-order valence-electron chi connectivity index (χ4n) is 3.06. The lowest BCUT2D eigenvalue weighted by atomic mass is 10.2. The molecule has 2 aromatic rings. The van der Waals surface area contributed by atoms with E-state index in [4.69, 9.17) is 0 Å². The number of nitrogens with zero attached hydrogens (tertiary/aromatic N) is 3. The van der Waals surface area contributed by atoms with Crippen LogP contribution in [0.3, 0.4) is 0 Å². The van der Waals surface area contributed by atoms with E-state index >= 15 is 0 Å². The molecule has 30 heavy (non-hydrogen) atoms. The number of nitrogens with one attached hydrogen (secondary N) is 2. The van der Waals surface area contributed by atoms with Crippen LogP contribution in [-0.4, -0.2) is 64.0 Å². The van der Waals surface area contributed by atoms with Crippen LogP contribution in [0.5, 0.6) is 0 Å². The van der Waals surface area contributed by atoms with Crippen LogP contribution in [0.15, 0.2) is 52.0 Å². The molecule has 0 radical (unpaired) electrons. The fourth-order valence-corrected chi connectivity index (χ4v) is 4.36. The van der Waals surface area contributed by atoms with Crippen LogP contribution in [-0.2, 0) is 21.4 Å². The normalized spacial score (nSPS) is 15.2. The first-order valence-electron chi connectivity index (χ1n) is 9.74. The molecule has 1 aliphatic rings. The molecular formula is C20H26BrN5O3S. The number of amides is 1. The predicted molar refractivity (Wildman–Crippen MR) is 120 cm³/mol. The van der Waals surface area contributed by atoms with Gasteiger partial charge in [-0.15, -0.1) is 0 Å². The summed E-state index contributed by atoms with van der Waals surface area (Å²) < 4.78 is 27.7. The van der Waals surface area contributed by atoms with Gasteiger partial charge in [0.15, 0.2) is 0 Å². The Labute approximate surface area is 185 Å². The maximum Gasteiger partial charge on any atom is 0.240 e. The lowest BCUT2D eigenvalue weighted by Crippen LogP contribution is -2.44. The van der Waals surface area contributed by atoms with Crippen molar-refractivity contribution >= 4 is 37.7 Å². The number of likely N-dealkylation sites (N-methyl/N-ethyl adjacent to an activating group) is 1. The van der Waals surface area contributed by atoms with E-state index in [1.807, 2.05) is 12.1 Å². The van der Waals surface area contributed by atoms with E-state index in [0.29, 0.717) is 6.54 Å². The monoisotopic (exact) mass is 495 g/mol. The molecule has 1 aromatic heterocycles. The lowest BCUT2D eigenvalue weighted by Gasteiger charge is -2.33. The maximum atomic E-state index is 12.2. The Balaban J connectivity index is 1.44. The summed E-state index contributed by atoms with van der Waals surface area (Å²) in [5.41, 5.74) is 0.961. The molecule has 1 fully saturated rings. The van der Waals surface area contributed by atoms with Crippen LogP contribution in [0.4, 0.5) is 5.82 Å². The van der Waals surface area contributed by atoms with Gasteiger partial charge in [-0.1, -0.05) is 15.9 Å². The average molecular weight is 496 g/mol. The third kappa shape index (κ3) is 6.49. The van der Waals surface area contributed by atoms with Gasteiger partial charge in [0, 0.05) is 56.4 Å². The molecule has 3 rings (SSSR count). The van der Waals surface area contributed by atoms with E-state index in [1.165, 1.54) is 12.1 Å².